The van der Waals surface area contributed by atoms with Gasteiger partial charge in [-0.15, -0.1) is 0 Å². The molecule has 0 aliphatic rings. The first kappa shape index (κ1) is 15.9. The van der Waals surface area contributed by atoms with Gasteiger partial charge in [0.15, 0.2) is 0 Å². The van der Waals surface area contributed by atoms with Crippen LogP contribution in [0.4, 0.5) is 0 Å². The summed E-state index contributed by atoms with van der Waals surface area (Å²) in [6.07, 6.45) is 3.22. The van der Waals surface area contributed by atoms with Gasteiger partial charge in [-0.2, -0.15) is 5.10 Å². The van der Waals surface area contributed by atoms with Gasteiger partial charge in [0.25, 0.3) is 5.91 Å². The first-order chi connectivity index (χ1) is 11.6. The van der Waals surface area contributed by atoms with Crippen LogP contribution in [0.1, 0.15) is 32.6 Å². The molecule has 1 aromatic heterocycles. The van der Waals surface area contributed by atoms with E-state index in [0.717, 1.165) is 27.8 Å². The highest BCUT2D eigenvalue weighted by Gasteiger charge is 2.08. The van der Waals surface area contributed by atoms with Crippen LogP contribution < -0.4 is 5.32 Å². The minimum atomic E-state index is -0.0424. The highest BCUT2D eigenvalue weighted by Crippen LogP contribution is 2.11. The van der Waals surface area contributed by atoms with E-state index in [4.69, 9.17) is 0 Å². The number of carbonyl (C=O) groups is 1. The Balaban J connectivity index is 1.59. The third-order valence-corrected chi connectivity index (χ3v) is 3.91. The summed E-state index contributed by atoms with van der Waals surface area (Å²) in [5.74, 6) is -0.0424. The SMILES string of the molecule is Cc1ccc(C(=O)NCc2ccc(Cn3cncn3)cc2)c(C)c1. The highest BCUT2D eigenvalue weighted by molar-refractivity contribution is 5.95. The maximum atomic E-state index is 12.3. The molecule has 0 bridgehead atoms. The van der Waals surface area contributed by atoms with Gasteiger partial charge in [0.1, 0.15) is 12.7 Å². The average molecular weight is 320 g/mol. The molecule has 0 atom stereocenters. The van der Waals surface area contributed by atoms with Crippen molar-refractivity contribution >= 4 is 5.91 Å². The number of aromatic nitrogens is 3. The summed E-state index contributed by atoms with van der Waals surface area (Å²) >= 11 is 0. The number of hydrogen-bond acceptors (Lipinski definition) is 3. The minimum Gasteiger partial charge on any atom is -0.348 e. The number of nitrogens with zero attached hydrogens (tertiary/aromatic N) is 3. The lowest BCUT2D eigenvalue weighted by atomic mass is 10.1. The largest absolute Gasteiger partial charge is 0.348 e. The number of nitrogens with one attached hydrogen (secondary N) is 1. The summed E-state index contributed by atoms with van der Waals surface area (Å²) in [5, 5.41) is 7.06. The molecule has 0 radical (unpaired) electrons. The van der Waals surface area contributed by atoms with E-state index >= 15 is 0 Å². The summed E-state index contributed by atoms with van der Waals surface area (Å²) in [5.41, 5.74) is 5.09. The number of rotatable bonds is 5. The predicted molar refractivity (Wildman–Crippen MR) is 92.7 cm³/mol. The van der Waals surface area contributed by atoms with E-state index < -0.39 is 0 Å². The third-order valence-electron chi connectivity index (χ3n) is 3.91. The molecule has 1 amide bonds. The quantitative estimate of drug-likeness (QED) is 0.786. The molecule has 2 aromatic carbocycles. The van der Waals surface area contributed by atoms with Crippen molar-refractivity contribution in [3.05, 3.63) is 82.9 Å². The van der Waals surface area contributed by atoms with Crippen LogP contribution in [0.5, 0.6) is 0 Å². The fourth-order valence-corrected chi connectivity index (χ4v) is 2.61. The molecule has 0 aliphatic heterocycles. The van der Waals surface area contributed by atoms with E-state index in [1.54, 1.807) is 11.0 Å². The molecule has 5 heteroatoms. The van der Waals surface area contributed by atoms with E-state index in [9.17, 15) is 4.79 Å². The first-order valence-electron chi connectivity index (χ1n) is 7.87. The number of aryl methyl sites for hydroxylation is 2. The molecule has 122 valence electrons. The smallest absolute Gasteiger partial charge is 0.251 e. The summed E-state index contributed by atoms with van der Waals surface area (Å²) in [4.78, 5) is 16.2. The second kappa shape index (κ2) is 7.08. The van der Waals surface area contributed by atoms with Crippen LogP contribution in [0.25, 0.3) is 0 Å². The Labute approximate surface area is 141 Å². The van der Waals surface area contributed by atoms with Crippen molar-refractivity contribution in [2.24, 2.45) is 0 Å². The van der Waals surface area contributed by atoms with E-state index in [-0.39, 0.29) is 5.91 Å². The van der Waals surface area contributed by atoms with Crippen LogP contribution in [0.15, 0.2) is 55.1 Å². The third kappa shape index (κ3) is 3.87. The Hall–Kier alpha value is -2.95. The Morgan fingerprint density at radius 1 is 1.08 bits per heavy atom. The van der Waals surface area contributed by atoms with Gasteiger partial charge in [0.2, 0.25) is 0 Å². The van der Waals surface area contributed by atoms with Gasteiger partial charge in [0.05, 0.1) is 6.54 Å². The molecule has 1 heterocycles. The molecule has 0 aliphatic carbocycles. The van der Waals surface area contributed by atoms with E-state index in [1.807, 2.05) is 56.3 Å². The van der Waals surface area contributed by atoms with Crippen LogP contribution in [-0.4, -0.2) is 20.7 Å². The zero-order valence-electron chi connectivity index (χ0n) is 13.9. The van der Waals surface area contributed by atoms with Crippen molar-refractivity contribution < 1.29 is 4.79 Å². The second-order valence-corrected chi connectivity index (χ2v) is 5.91. The molecule has 0 saturated heterocycles. The van der Waals surface area contributed by atoms with Crippen LogP contribution >= 0.6 is 0 Å². The molecule has 3 aromatic rings. The van der Waals surface area contributed by atoms with Crippen molar-refractivity contribution in [3.8, 4) is 0 Å². The van der Waals surface area contributed by atoms with Crippen molar-refractivity contribution in [3.63, 3.8) is 0 Å². The normalized spacial score (nSPS) is 10.6. The highest BCUT2D eigenvalue weighted by atomic mass is 16.1. The van der Waals surface area contributed by atoms with Gasteiger partial charge in [-0.3, -0.25) is 4.79 Å². The second-order valence-electron chi connectivity index (χ2n) is 5.91. The van der Waals surface area contributed by atoms with Gasteiger partial charge < -0.3 is 5.32 Å². The monoisotopic (exact) mass is 320 g/mol. The van der Waals surface area contributed by atoms with Gasteiger partial charge in [-0.1, -0.05) is 42.0 Å². The lowest BCUT2D eigenvalue weighted by Crippen LogP contribution is -2.23. The van der Waals surface area contributed by atoms with E-state index in [1.165, 1.54) is 6.33 Å². The summed E-state index contributed by atoms with van der Waals surface area (Å²) in [6, 6.07) is 14.0. The van der Waals surface area contributed by atoms with Crippen molar-refractivity contribution in [2.75, 3.05) is 0 Å². The van der Waals surface area contributed by atoms with E-state index in [2.05, 4.69) is 15.4 Å². The minimum absolute atomic E-state index is 0.0424. The van der Waals surface area contributed by atoms with Crippen molar-refractivity contribution in [2.45, 2.75) is 26.9 Å². The van der Waals surface area contributed by atoms with Gasteiger partial charge in [-0.05, 0) is 36.6 Å². The van der Waals surface area contributed by atoms with Crippen LogP contribution in [0.2, 0.25) is 0 Å². The lowest BCUT2D eigenvalue weighted by molar-refractivity contribution is 0.0950. The maximum Gasteiger partial charge on any atom is 0.251 e. The predicted octanol–water partition coefficient (Wildman–Crippen LogP) is 2.87. The van der Waals surface area contributed by atoms with Crippen LogP contribution in [-0.2, 0) is 13.1 Å². The Morgan fingerprint density at radius 2 is 1.83 bits per heavy atom. The molecule has 24 heavy (non-hydrogen) atoms. The van der Waals surface area contributed by atoms with Gasteiger partial charge in [0, 0.05) is 12.1 Å². The average Bonchev–Trinajstić information content (AvgIpc) is 3.07. The standard InChI is InChI=1S/C19H20N4O/c1-14-3-8-18(15(2)9-14)19(24)21-10-16-4-6-17(7-5-16)11-23-13-20-12-22-23/h3-9,12-13H,10-11H2,1-2H3,(H,21,24). The van der Waals surface area contributed by atoms with Crippen molar-refractivity contribution in [1.29, 1.82) is 0 Å². The molecule has 0 unspecified atom stereocenters. The van der Waals surface area contributed by atoms with Gasteiger partial charge in [-0.25, -0.2) is 9.67 Å². The summed E-state index contributed by atoms with van der Waals surface area (Å²) in [7, 11) is 0. The molecule has 5 nitrogen and oxygen atoms in total. The summed E-state index contributed by atoms with van der Waals surface area (Å²) < 4.78 is 1.77. The number of hydrogen-bond donors (Lipinski definition) is 1. The zero-order chi connectivity index (χ0) is 16.9. The number of carbonyl (C=O) groups excluding carboxylic acids is 1. The Kier molecular flexibility index (Phi) is 4.70. The summed E-state index contributed by atoms with van der Waals surface area (Å²) in [6.45, 7) is 5.18. The molecule has 0 spiro atoms. The van der Waals surface area contributed by atoms with Gasteiger partial charge >= 0.3 is 0 Å². The van der Waals surface area contributed by atoms with Crippen molar-refractivity contribution in [1.82, 2.24) is 20.1 Å². The number of amides is 1. The maximum absolute atomic E-state index is 12.3. The topological polar surface area (TPSA) is 59.8 Å². The zero-order valence-corrected chi connectivity index (χ0v) is 13.9. The Bertz CT molecular complexity index is 823. The van der Waals surface area contributed by atoms with Crippen LogP contribution in [0, 0.1) is 13.8 Å². The Morgan fingerprint density at radius 3 is 2.50 bits per heavy atom. The molecule has 1 N–H and O–H groups in total. The molecule has 0 saturated carbocycles. The van der Waals surface area contributed by atoms with Crippen LogP contribution in [0.3, 0.4) is 0 Å². The van der Waals surface area contributed by atoms with E-state index in [0.29, 0.717) is 13.1 Å². The molecular formula is C19H20N4O. The fourth-order valence-electron chi connectivity index (χ4n) is 2.61. The molecular weight excluding hydrogens is 300 g/mol. The lowest BCUT2D eigenvalue weighted by Gasteiger charge is -2.09. The first-order valence-corrected chi connectivity index (χ1v) is 7.87. The number of benzene rings is 2. The molecule has 3 rings (SSSR count). The molecule has 0 fully saturated rings. The fraction of sp³-hybridized carbons (Fsp3) is 0.211.